The Bertz CT molecular complexity index is 1280. The molecule has 0 radical (unpaired) electrons. The number of nitrogens with zero attached hydrogens (tertiary/aromatic N) is 3. The summed E-state index contributed by atoms with van der Waals surface area (Å²) in [6.07, 6.45) is 1.85. The standard InChI is InChI=1S/C33H37N3O/c1-34(2)32(37)33(29-14-5-3-6-15-29,30-16-7-4-8-17-30)20-23-35-21-11-22-36(25-24-35)31-19-18-27-12-9-10-13-28(27)26-31/h3-10,12-19,26H,11,20-25H2,1-2H3. The molecule has 0 N–H and O–H groups in total. The Morgan fingerprint density at radius 2 is 1.35 bits per heavy atom. The fraction of sp³-hybridized carbons (Fsp3) is 0.303. The summed E-state index contributed by atoms with van der Waals surface area (Å²) in [5.74, 6) is 0.137. The van der Waals surface area contributed by atoms with Crippen LogP contribution in [0.4, 0.5) is 5.69 Å². The third-order valence-electron chi connectivity index (χ3n) is 7.79. The molecule has 0 atom stereocenters. The van der Waals surface area contributed by atoms with Gasteiger partial charge in [0.05, 0.1) is 0 Å². The molecule has 1 aliphatic rings. The fourth-order valence-electron chi connectivity index (χ4n) is 5.79. The Morgan fingerprint density at radius 1 is 0.730 bits per heavy atom. The first kappa shape index (κ1) is 25.0. The molecule has 4 heteroatoms. The second-order valence-electron chi connectivity index (χ2n) is 10.3. The molecule has 4 nitrogen and oxygen atoms in total. The van der Waals surface area contributed by atoms with Crippen molar-refractivity contribution in [3.8, 4) is 0 Å². The number of carbonyl (C=O) groups is 1. The highest BCUT2D eigenvalue weighted by molar-refractivity contribution is 5.92. The van der Waals surface area contributed by atoms with Gasteiger partial charge < -0.3 is 14.7 Å². The number of amides is 1. The maximum absolute atomic E-state index is 13.9. The minimum absolute atomic E-state index is 0.137. The van der Waals surface area contributed by atoms with Gasteiger partial charge in [0.1, 0.15) is 5.41 Å². The maximum atomic E-state index is 13.9. The Labute approximate surface area is 221 Å². The van der Waals surface area contributed by atoms with Gasteiger partial charge in [-0.05, 0) is 60.0 Å². The minimum atomic E-state index is -0.712. The van der Waals surface area contributed by atoms with Gasteiger partial charge in [0.2, 0.25) is 5.91 Å². The van der Waals surface area contributed by atoms with E-state index in [1.54, 1.807) is 4.90 Å². The van der Waals surface area contributed by atoms with Crippen molar-refractivity contribution in [2.75, 3.05) is 51.7 Å². The summed E-state index contributed by atoms with van der Waals surface area (Å²) in [4.78, 5) is 20.8. The molecule has 0 bridgehead atoms. The lowest BCUT2D eigenvalue weighted by Crippen LogP contribution is -2.47. The van der Waals surface area contributed by atoms with E-state index in [1.165, 1.54) is 16.5 Å². The van der Waals surface area contributed by atoms with Gasteiger partial charge in [0, 0.05) is 39.4 Å². The van der Waals surface area contributed by atoms with E-state index in [4.69, 9.17) is 0 Å². The molecule has 0 saturated carbocycles. The smallest absolute Gasteiger partial charge is 0.237 e. The van der Waals surface area contributed by atoms with Gasteiger partial charge in [-0.25, -0.2) is 0 Å². The van der Waals surface area contributed by atoms with Crippen molar-refractivity contribution in [1.82, 2.24) is 9.80 Å². The van der Waals surface area contributed by atoms with Crippen LogP contribution in [0.2, 0.25) is 0 Å². The van der Waals surface area contributed by atoms with Crippen LogP contribution in [0.5, 0.6) is 0 Å². The van der Waals surface area contributed by atoms with Gasteiger partial charge in [-0.2, -0.15) is 0 Å². The summed E-state index contributed by atoms with van der Waals surface area (Å²) >= 11 is 0. The molecule has 1 saturated heterocycles. The Morgan fingerprint density at radius 3 is 2.00 bits per heavy atom. The van der Waals surface area contributed by atoms with Crippen LogP contribution in [0.3, 0.4) is 0 Å². The molecule has 0 spiro atoms. The van der Waals surface area contributed by atoms with Gasteiger partial charge in [-0.1, -0.05) is 91.0 Å². The molecule has 1 heterocycles. The molecular formula is C33H37N3O. The van der Waals surface area contributed by atoms with E-state index in [1.807, 2.05) is 50.5 Å². The Balaban J connectivity index is 1.37. The predicted octanol–water partition coefficient (Wildman–Crippen LogP) is 5.82. The quantitative estimate of drug-likeness (QED) is 0.326. The SMILES string of the molecule is CN(C)C(=O)C(CCN1CCCN(c2ccc3ccccc3c2)CC1)(c1ccccc1)c1ccccc1. The monoisotopic (exact) mass is 491 g/mol. The lowest BCUT2D eigenvalue weighted by atomic mass is 9.70. The zero-order chi connectivity index (χ0) is 25.7. The number of rotatable bonds is 7. The van der Waals surface area contributed by atoms with Crippen LogP contribution in [0.1, 0.15) is 24.0 Å². The molecule has 0 aliphatic carbocycles. The largest absolute Gasteiger partial charge is 0.370 e. The maximum Gasteiger partial charge on any atom is 0.237 e. The zero-order valence-corrected chi connectivity index (χ0v) is 22.0. The summed E-state index contributed by atoms with van der Waals surface area (Å²) in [5.41, 5.74) is 2.71. The summed E-state index contributed by atoms with van der Waals surface area (Å²) < 4.78 is 0. The highest BCUT2D eigenvalue weighted by Gasteiger charge is 2.43. The number of likely N-dealkylation sites (N-methyl/N-ethyl adjacent to an activating group) is 1. The first-order valence-corrected chi connectivity index (χ1v) is 13.4. The van der Waals surface area contributed by atoms with E-state index in [2.05, 4.69) is 76.5 Å². The van der Waals surface area contributed by atoms with E-state index in [0.717, 1.165) is 56.7 Å². The molecule has 0 unspecified atom stereocenters. The van der Waals surface area contributed by atoms with E-state index >= 15 is 0 Å². The first-order valence-electron chi connectivity index (χ1n) is 13.4. The van der Waals surface area contributed by atoms with Crippen molar-refractivity contribution in [3.05, 3.63) is 114 Å². The average molecular weight is 492 g/mol. The van der Waals surface area contributed by atoms with Gasteiger partial charge in [0.25, 0.3) is 0 Å². The average Bonchev–Trinajstić information content (AvgIpc) is 3.20. The van der Waals surface area contributed by atoms with Crippen molar-refractivity contribution in [2.24, 2.45) is 0 Å². The van der Waals surface area contributed by atoms with Crippen LogP contribution in [0.25, 0.3) is 10.8 Å². The van der Waals surface area contributed by atoms with Gasteiger partial charge in [-0.3, -0.25) is 4.79 Å². The fourth-order valence-corrected chi connectivity index (χ4v) is 5.79. The van der Waals surface area contributed by atoms with Crippen LogP contribution in [-0.2, 0) is 10.2 Å². The second-order valence-corrected chi connectivity index (χ2v) is 10.3. The van der Waals surface area contributed by atoms with Gasteiger partial charge in [0.15, 0.2) is 0 Å². The van der Waals surface area contributed by atoms with Crippen LogP contribution in [-0.4, -0.2) is 62.5 Å². The topological polar surface area (TPSA) is 26.8 Å². The van der Waals surface area contributed by atoms with E-state index < -0.39 is 5.41 Å². The molecule has 37 heavy (non-hydrogen) atoms. The summed E-state index contributed by atoms with van der Waals surface area (Å²) in [5, 5.41) is 2.57. The molecule has 0 aromatic heterocycles. The Kier molecular flexibility index (Phi) is 7.57. The van der Waals surface area contributed by atoms with Gasteiger partial charge >= 0.3 is 0 Å². The number of hydrogen-bond acceptors (Lipinski definition) is 3. The highest BCUT2D eigenvalue weighted by Crippen LogP contribution is 2.38. The molecule has 190 valence electrons. The Hall–Kier alpha value is -3.63. The summed E-state index contributed by atoms with van der Waals surface area (Å²) in [6.45, 7) is 4.94. The van der Waals surface area contributed by atoms with Crippen molar-refractivity contribution in [1.29, 1.82) is 0 Å². The molecule has 4 aromatic rings. The minimum Gasteiger partial charge on any atom is -0.370 e. The van der Waals surface area contributed by atoms with Crippen molar-refractivity contribution < 1.29 is 4.79 Å². The van der Waals surface area contributed by atoms with Crippen molar-refractivity contribution in [3.63, 3.8) is 0 Å². The molecular weight excluding hydrogens is 454 g/mol. The first-order chi connectivity index (χ1) is 18.1. The van der Waals surface area contributed by atoms with E-state index in [0.29, 0.717) is 0 Å². The van der Waals surface area contributed by atoms with Crippen molar-refractivity contribution in [2.45, 2.75) is 18.3 Å². The van der Waals surface area contributed by atoms with Crippen LogP contribution >= 0.6 is 0 Å². The van der Waals surface area contributed by atoms with E-state index in [-0.39, 0.29) is 5.91 Å². The van der Waals surface area contributed by atoms with Crippen LogP contribution in [0.15, 0.2) is 103 Å². The highest BCUT2D eigenvalue weighted by atomic mass is 16.2. The number of anilines is 1. The third-order valence-corrected chi connectivity index (χ3v) is 7.79. The molecule has 1 aliphatic heterocycles. The zero-order valence-electron chi connectivity index (χ0n) is 22.0. The molecule has 1 fully saturated rings. The van der Waals surface area contributed by atoms with Gasteiger partial charge in [-0.15, -0.1) is 0 Å². The van der Waals surface area contributed by atoms with E-state index in [9.17, 15) is 4.79 Å². The van der Waals surface area contributed by atoms with Crippen LogP contribution in [0, 0.1) is 0 Å². The molecule has 4 aromatic carbocycles. The normalized spacial score (nSPS) is 14.9. The number of fused-ring (bicyclic) bond motifs is 1. The third kappa shape index (κ3) is 5.26. The lowest BCUT2D eigenvalue weighted by Gasteiger charge is -2.37. The lowest BCUT2D eigenvalue weighted by molar-refractivity contribution is -0.133. The molecule has 5 rings (SSSR count). The predicted molar refractivity (Wildman–Crippen MR) is 154 cm³/mol. The molecule has 1 amide bonds. The summed E-state index contributed by atoms with van der Waals surface area (Å²) in [7, 11) is 3.74. The number of hydrogen-bond donors (Lipinski definition) is 0. The van der Waals surface area contributed by atoms with Crippen LogP contribution < -0.4 is 4.90 Å². The number of carbonyl (C=O) groups excluding carboxylic acids is 1. The van der Waals surface area contributed by atoms with Crippen molar-refractivity contribution >= 4 is 22.4 Å². The summed E-state index contributed by atoms with van der Waals surface area (Å²) in [6, 6.07) is 36.0. The second kappa shape index (κ2) is 11.2. The number of benzene rings is 4.